The van der Waals surface area contributed by atoms with E-state index in [1.807, 2.05) is 0 Å². The number of halogens is 3. The Morgan fingerprint density at radius 3 is 2.38 bits per heavy atom. The van der Waals surface area contributed by atoms with Crippen LogP contribution >= 0.6 is 12.6 Å². The summed E-state index contributed by atoms with van der Waals surface area (Å²) >= 11 is 3.65. The summed E-state index contributed by atoms with van der Waals surface area (Å²) in [5.74, 6) is 0. The molecule has 1 aromatic carbocycles. The van der Waals surface area contributed by atoms with Gasteiger partial charge in [0.05, 0.1) is 17.2 Å². The van der Waals surface area contributed by atoms with E-state index in [9.17, 15) is 13.2 Å². The van der Waals surface area contributed by atoms with Gasteiger partial charge in [0.25, 0.3) is 0 Å². The molecule has 0 atom stereocenters. The molecule has 68 valence electrons. The maximum Gasteiger partial charge on any atom is 0.417 e. The van der Waals surface area contributed by atoms with Crippen LogP contribution in [0.25, 0.3) is 0 Å². The van der Waals surface area contributed by atoms with Crippen LogP contribution in [-0.4, -0.2) is 0 Å². The molecule has 1 nitrogen and oxygen atoms in total. The van der Waals surface area contributed by atoms with E-state index in [1.54, 1.807) is 6.07 Å². The highest BCUT2D eigenvalue weighted by Gasteiger charge is 2.32. The van der Waals surface area contributed by atoms with Gasteiger partial charge in [0.2, 0.25) is 0 Å². The van der Waals surface area contributed by atoms with Crippen LogP contribution in [0.2, 0.25) is 0 Å². The fourth-order valence-corrected chi connectivity index (χ4v) is 1.10. The van der Waals surface area contributed by atoms with Crippen LogP contribution in [0.15, 0.2) is 23.1 Å². The molecule has 0 aromatic heterocycles. The van der Waals surface area contributed by atoms with Crippen LogP contribution in [0.4, 0.5) is 13.2 Å². The minimum atomic E-state index is -4.45. The van der Waals surface area contributed by atoms with E-state index in [1.165, 1.54) is 6.07 Å². The van der Waals surface area contributed by atoms with E-state index >= 15 is 0 Å². The van der Waals surface area contributed by atoms with E-state index in [4.69, 9.17) is 5.26 Å². The third kappa shape index (κ3) is 2.16. The zero-order valence-corrected chi connectivity index (χ0v) is 7.15. The maximum atomic E-state index is 12.2. The normalized spacial score (nSPS) is 11.0. The fourth-order valence-electron chi connectivity index (χ4n) is 0.833. The molecule has 0 aliphatic heterocycles. The molecule has 0 fully saturated rings. The van der Waals surface area contributed by atoms with Crippen LogP contribution < -0.4 is 0 Å². The van der Waals surface area contributed by atoms with Crippen molar-refractivity contribution in [1.29, 1.82) is 5.26 Å². The summed E-state index contributed by atoms with van der Waals surface area (Å²) in [5, 5.41) is 8.38. The monoisotopic (exact) mass is 203 g/mol. The van der Waals surface area contributed by atoms with Crippen molar-refractivity contribution in [3.05, 3.63) is 29.3 Å². The van der Waals surface area contributed by atoms with Crippen LogP contribution in [0.1, 0.15) is 11.1 Å². The second-order valence-corrected chi connectivity index (χ2v) is 2.82. The quantitative estimate of drug-likeness (QED) is 0.644. The first-order valence-electron chi connectivity index (χ1n) is 3.25. The lowest BCUT2D eigenvalue weighted by Crippen LogP contribution is -2.06. The Hall–Kier alpha value is -1.15. The zero-order valence-electron chi connectivity index (χ0n) is 6.26. The molecule has 0 unspecified atom stereocenters. The van der Waals surface area contributed by atoms with Gasteiger partial charge in [-0.2, -0.15) is 18.4 Å². The SMILES string of the molecule is N#Cc1ccc(S)c(C(F)(F)F)c1. The molecule has 0 N–H and O–H groups in total. The first kappa shape index (κ1) is 9.93. The number of alkyl halides is 3. The Balaban J connectivity index is 3.29. The summed E-state index contributed by atoms with van der Waals surface area (Å²) in [5.41, 5.74) is -0.903. The highest BCUT2D eigenvalue weighted by Crippen LogP contribution is 2.34. The second kappa shape index (κ2) is 3.30. The van der Waals surface area contributed by atoms with E-state index in [-0.39, 0.29) is 10.5 Å². The lowest BCUT2D eigenvalue weighted by molar-refractivity contribution is -0.139. The summed E-state index contributed by atoms with van der Waals surface area (Å²) in [6, 6.07) is 4.86. The van der Waals surface area contributed by atoms with Crippen molar-refractivity contribution in [2.45, 2.75) is 11.1 Å². The van der Waals surface area contributed by atoms with Gasteiger partial charge in [-0.25, -0.2) is 0 Å². The average molecular weight is 203 g/mol. The topological polar surface area (TPSA) is 23.8 Å². The maximum absolute atomic E-state index is 12.2. The summed E-state index contributed by atoms with van der Waals surface area (Å²) in [6.45, 7) is 0. The Morgan fingerprint density at radius 2 is 1.92 bits per heavy atom. The van der Waals surface area contributed by atoms with E-state index in [2.05, 4.69) is 12.6 Å². The molecule has 0 heterocycles. The Kier molecular flexibility index (Phi) is 2.52. The minimum Gasteiger partial charge on any atom is -0.192 e. The van der Waals surface area contributed by atoms with Gasteiger partial charge in [-0.05, 0) is 18.2 Å². The molecule has 0 amide bonds. The molecule has 1 aromatic rings. The van der Waals surface area contributed by atoms with Gasteiger partial charge < -0.3 is 0 Å². The molecule has 0 spiro atoms. The van der Waals surface area contributed by atoms with Crippen molar-refractivity contribution in [3.8, 4) is 6.07 Å². The van der Waals surface area contributed by atoms with E-state index in [0.717, 1.165) is 12.1 Å². The van der Waals surface area contributed by atoms with Gasteiger partial charge in [-0.3, -0.25) is 0 Å². The van der Waals surface area contributed by atoms with Crippen LogP contribution in [-0.2, 0) is 6.18 Å². The first-order valence-corrected chi connectivity index (χ1v) is 3.70. The Labute approximate surface area is 78.2 Å². The molecule has 0 radical (unpaired) electrons. The minimum absolute atomic E-state index is 0.0230. The van der Waals surface area contributed by atoms with E-state index in [0.29, 0.717) is 0 Å². The predicted octanol–water partition coefficient (Wildman–Crippen LogP) is 2.87. The van der Waals surface area contributed by atoms with Gasteiger partial charge in [0, 0.05) is 4.90 Å². The molecule has 0 saturated carbocycles. The lowest BCUT2D eigenvalue weighted by atomic mass is 10.1. The van der Waals surface area contributed by atoms with Crippen LogP contribution in [0.5, 0.6) is 0 Å². The zero-order chi connectivity index (χ0) is 10.1. The molecule has 0 saturated heterocycles. The van der Waals surface area contributed by atoms with Crippen LogP contribution in [0.3, 0.4) is 0 Å². The van der Waals surface area contributed by atoms with Crippen LogP contribution in [0, 0.1) is 11.3 Å². The summed E-state index contributed by atoms with van der Waals surface area (Å²) < 4.78 is 36.6. The van der Waals surface area contributed by atoms with Gasteiger partial charge in [0.15, 0.2) is 0 Å². The molecule has 5 heteroatoms. The summed E-state index contributed by atoms with van der Waals surface area (Å²) in [4.78, 5) is -0.175. The smallest absolute Gasteiger partial charge is 0.192 e. The van der Waals surface area contributed by atoms with Gasteiger partial charge in [-0.1, -0.05) is 0 Å². The molecular weight excluding hydrogens is 199 g/mol. The number of rotatable bonds is 0. The third-order valence-corrected chi connectivity index (χ3v) is 1.82. The number of hydrogen-bond donors (Lipinski definition) is 1. The van der Waals surface area contributed by atoms with Gasteiger partial charge in [0.1, 0.15) is 0 Å². The molecule has 0 bridgehead atoms. The largest absolute Gasteiger partial charge is 0.417 e. The molecule has 0 aliphatic rings. The molecule has 13 heavy (non-hydrogen) atoms. The number of thiol groups is 1. The number of benzene rings is 1. The molecule has 1 rings (SSSR count). The number of hydrogen-bond acceptors (Lipinski definition) is 2. The predicted molar refractivity (Wildman–Crippen MR) is 43.4 cm³/mol. The lowest BCUT2D eigenvalue weighted by Gasteiger charge is -2.08. The van der Waals surface area contributed by atoms with E-state index < -0.39 is 11.7 Å². The molecule has 0 aliphatic carbocycles. The highest BCUT2D eigenvalue weighted by molar-refractivity contribution is 7.80. The Bertz CT molecular complexity index is 365. The first-order chi connectivity index (χ1) is 5.95. The van der Waals surface area contributed by atoms with Crippen molar-refractivity contribution in [2.75, 3.05) is 0 Å². The summed E-state index contributed by atoms with van der Waals surface area (Å²) in [6.07, 6.45) is -4.45. The third-order valence-electron chi connectivity index (χ3n) is 1.43. The van der Waals surface area contributed by atoms with Gasteiger partial charge >= 0.3 is 6.18 Å². The number of nitriles is 1. The summed E-state index contributed by atoms with van der Waals surface area (Å²) in [7, 11) is 0. The standard InChI is InChI=1S/C8H4F3NS/c9-8(10,11)6-3-5(4-12)1-2-7(6)13/h1-3,13H. The van der Waals surface area contributed by atoms with Crippen molar-refractivity contribution in [3.63, 3.8) is 0 Å². The van der Waals surface area contributed by atoms with Crippen molar-refractivity contribution in [2.24, 2.45) is 0 Å². The second-order valence-electron chi connectivity index (χ2n) is 2.34. The molecular formula is C8H4F3NS. The Morgan fingerprint density at radius 1 is 1.31 bits per heavy atom. The number of nitrogens with zero attached hydrogens (tertiary/aromatic N) is 1. The average Bonchev–Trinajstić information content (AvgIpc) is 2.03. The fraction of sp³-hybridized carbons (Fsp3) is 0.125. The van der Waals surface area contributed by atoms with Crippen molar-refractivity contribution >= 4 is 12.6 Å². The van der Waals surface area contributed by atoms with Crippen molar-refractivity contribution < 1.29 is 13.2 Å². The van der Waals surface area contributed by atoms with Gasteiger partial charge in [-0.15, -0.1) is 12.6 Å². The highest BCUT2D eigenvalue weighted by atomic mass is 32.1. The van der Waals surface area contributed by atoms with Crippen molar-refractivity contribution in [1.82, 2.24) is 0 Å².